The molecule has 0 radical (unpaired) electrons. The van der Waals surface area contributed by atoms with Crippen molar-refractivity contribution in [2.75, 3.05) is 0 Å². The largest absolute Gasteiger partial charge is 0.425 e. The van der Waals surface area contributed by atoms with Crippen LogP contribution in [-0.4, -0.2) is 11.9 Å². The minimum Gasteiger partial charge on any atom is -0.425 e. The molecule has 0 aliphatic heterocycles. The Kier molecular flexibility index (Phi) is 13.5. The molecule has 40 heavy (non-hydrogen) atoms. The number of esters is 2. The van der Waals surface area contributed by atoms with Gasteiger partial charge in [-0.3, -0.25) is 9.59 Å². The third-order valence-corrected chi connectivity index (χ3v) is 7.94. The van der Waals surface area contributed by atoms with Gasteiger partial charge in [0.1, 0.15) is 11.5 Å². The summed E-state index contributed by atoms with van der Waals surface area (Å²) >= 11 is 0. The van der Waals surface area contributed by atoms with Gasteiger partial charge in [0.25, 0.3) is 0 Å². The lowest BCUT2D eigenvalue weighted by Crippen LogP contribution is -2.11. The van der Waals surface area contributed by atoms with Gasteiger partial charge in [0.15, 0.2) is 0 Å². The maximum Gasteiger partial charge on any atom is 0.311 e. The van der Waals surface area contributed by atoms with Crippen molar-refractivity contribution in [3.8, 4) is 11.5 Å². The van der Waals surface area contributed by atoms with E-state index in [1.165, 1.54) is 51.4 Å². The highest BCUT2D eigenvalue weighted by Crippen LogP contribution is 2.44. The Balaban J connectivity index is 1.78. The van der Waals surface area contributed by atoms with E-state index in [1.807, 2.05) is 24.3 Å². The van der Waals surface area contributed by atoms with Gasteiger partial charge in [0, 0.05) is 34.4 Å². The van der Waals surface area contributed by atoms with Crippen molar-refractivity contribution in [3.05, 3.63) is 47.5 Å². The van der Waals surface area contributed by atoms with Crippen molar-refractivity contribution in [1.29, 1.82) is 0 Å². The van der Waals surface area contributed by atoms with Gasteiger partial charge >= 0.3 is 11.9 Å². The second-order valence-electron chi connectivity index (χ2n) is 11.4. The van der Waals surface area contributed by atoms with Gasteiger partial charge in [-0.1, -0.05) is 115 Å². The zero-order valence-electron chi connectivity index (χ0n) is 25.4. The molecular weight excluding hydrogens is 496 g/mol. The van der Waals surface area contributed by atoms with E-state index >= 15 is 0 Å². The van der Waals surface area contributed by atoms with E-state index in [0.717, 1.165) is 71.2 Å². The van der Waals surface area contributed by atoms with Crippen molar-refractivity contribution in [2.24, 2.45) is 0 Å². The van der Waals surface area contributed by atoms with Gasteiger partial charge in [-0.15, -0.1) is 0 Å². The summed E-state index contributed by atoms with van der Waals surface area (Å²) in [5.41, 5.74) is 2.21. The van der Waals surface area contributed by atoms with Crippen LogP contribution in [0.4, 0.5) is 0 Å². The first kappa shape index (κ1) is 31.6. The van der Waals surface area contributed by atoms with E-state index in [0.29, 0.717) is 24.3 Å². The molecule has 3 rings (SSSR count). The van der Waals surface area contributed by atoms with E-state index in [4.69, 9.17) is 9.47 Å². The molecule has 0 aliphatic carbocycles. The summed E-state index contributed by atoms with van der Waals surface area (Å²) in [6.07, 6.45) is 17.0. The van der Waals surface area contributed by atoms with E-state index in [1.54, 1.807) is 0 Å². The van der Waals surface area contributed by atoms with Crippen LogP contribution in [0.2, 0.25) is 0 Å². The maximum absolute atomic E-state index is 13.0. The van der Waals surface area contributed by atoms with Crippen molar-refractivity contribution in [1.82, 2.24) is 0 Å². The first-order chi connectivity index (χ1) is 19.5. The normalized spacial score (nSPS) is 11.3. The lowest BCUT2D eigenvalue weighted by Gasteiger charge is -2.18. The smallest absolute Gasteiger partial charge is 0.311 e. The van der Waals surface area contributed by atoms with Crippen molar-refractivity contribution in [2.45, 2.75) is 130 Å². The molecule has 0 aromatic heterocycles. The first-order valence-corrected chi connectivity index (χ1v) is 15.8. The van der Waals surface area contributed by atoms with Crippen LogP contribution in [0.3, 0.4) is 0 Å². The molecule has 3 aromatic carbocycles. The Morgan fingerprint density at radius 2 is 0.875 bits per heavy atom. The first-order valence-electron chi connectivity index (χ1n) is 15.8. The molecule has 0 saturated heterocycles. The van der Waals surface area contributed by atoms with Gasteiger partial charge in [-0.25, -0.2) is 0 Å². The number of fused-ring (bicyclic) bond motifs is 2. The summed E-state index contributed by atoms with van der Waals surface area (Å²) < 4.78 is 12.2. The fourth-order valence-corrected chi connectivity index (χ4v) is 5.36. The van der Waals surface area contributed by atoms with Gasteiger partial charge in [0.2, 0.25) is 0 Å². The van der Waals surface area contributed by atoms with Crippen LogP contribution in [0.15, 0.2) is 36.4 Å². The molecule has 0 unspecified atom stereocenters. The summed E-state index contributed by atoms with van der Waals surface area (Å²) in [6, 6.07) is 11.9. The summed E-state index contributed by atoms with van der Waals surface area (Å²) in [4.78, 5) is 25.9. The third kappa shape index (κ3) is 9.35. The Morgan fingerprint density at radius 1 is 0.525 bits per heavy atom. The van der Waals surface area contributed by atoms with E-state index in [-0.39, 0.29) is 11.9 Å². The maximum atomic E-state index is 13.0. The molecule has 0 bridgehead atoms. The molecule has 0 aliphatic rings. The number of carbonyl (C=O) groups is 2. The Hall–Kier alpha value is -2.88. The molecule has 0 fully saturated rings. The van der Waals surface area contributed by atoms with Crippen molar-refractivity contribution >= 4 is 33.5 Å². The number of hydrogen-bond acceptors (Lipinski definition) is 4. The molecular formula is C36H50O4. The minimum absolute atomic E-state index is 0.207. The van der Waals surface area contributed by atoms with Crippen LogP contribution in [0.1, 0.15) is 128 Å². The molecule has 0 N–H and O–H groups in total. The van der Waals surface area contributed by atoms with Crippen molar-refractivity contribution in [3.63, 3.8) is 0 Å². The van der Waals surface area contributed by atoms with Gasteiger partial charge in [-0.2, -0.15) is 0 Å². The van der Waals surface area contributed by atoms with Gasteiger partial charge < -0.3 is 9.47 Å². The second-order valence-corrected chi connectivity index (χ2v) is 11.4. The van der Waals surface area contributed by atoms with Crippen LogP contribution in [-0.2, 0) is 9.59 Å². The summed E-state index contributed by atoms with van der Waals surface area (Å²) in [6.45, 7) is 8.56. The number of unbranched alkanes of at least 4 members (excludes halogenated alkanes) is 12. The molecule has 4 nitrogen and oxygen atoms in total. The molecule has 0 heterocycles. The van der Waals surface area contributed by atoms with Gasteiger partial charge in [-0.05, 0) is 49.9 Å². The topological polar surface area (TPSA) is 52.6 Å². The fourth-order valence-electron chi connectivity index (χ4n) is 5.36. The number of hydrogen-bond donors (Lipinski definition) is 0. The Labute approximate surface area is 241 Å². The number of benzene rings is 3. The lowest BCUT2D eigenvalue weighted by atomic mass is 9.96. The van der Waals surface area contributed by atoms with Crippen LogP contribution in [0.5, 0.6) is 11.5 Å². The number of ether oxygens (including phenoxy) is 2. The fraction of sp³-hybridized carbons (Fsp3) is 0.556. The predicted octanol–water partition coefficient (Wildman–Crippen LogP) is 10.7. The van der Waals surface area contributed by atoms with Crippen molar-refractivity contribution < 1.29 is 19.1 Å². The molecule has 0 spiro atoms. The summed E-state index contributed by atoms with van der Waals surface area (Å²) in [5, 5.41) is 3.22. The van der Waals surface area contributed by atoms with Crippen LogP contribution >= 0.6 is 0 Å². The minimum atomic E-state index is -0.207. The highest BCUT2D eigenvalue weighted by atomic mass is 16.5. The molecule has 0 amide bonds. The quantitative estimate of drug-likeness (QED) is 0.0689. The average Bonchev–Trinajstić information content (AvgIpc) is 2.95. The molecule has 218 valence electrons. The predicted molar refractivity (Wildman–Crippen MR) is 167 cm³/mol. The zero-order valence-corrected chi connectivity index (χ0v) is 25.4. The monoisotopic (exact) mass is 546 g/mol. The molecule has 4 heteroatoms. The standard InChI is InChI=1S/C36H50O4/c1-5-7-9-11-13-15-17-23-33(37)39-35-29-21-19-20-22-30(29)36(32-26-28(4)27(3)25-31(32)35)40-34(38)24-18-16-14-12-10-8-6-2/h19-22,25-26H,5-18,23-24H2,1-4H3. The van der Waals surface area contributed by atoms with E-state index in [2.05, 4.69) is 39.8 Å². The number of rotatable bonds is 18. The molecule has 0 atom stereocenters. The van der Waals surface area contributed by atoms with E-state index < -0.39 is 0 Å². The summed E-state index contributed by atoms with van der Waals surface area (Å²) in [5.74, 6) is 0.714. The highest BCUT2D eigenvalue weighted by molar-refractivity contribution is 6.13. The second kappa shape index (κ2) is 17.0. The number of aryl methyl sites for hydroxylation is 2. The van der Waals surface area contributed by atoms with Crippen LogP contribution < -0.4 is 9.47 Å². The zero-order chi connectivity index (χ0) is 28.7. The molecule has 0 saturated carbocycles. The SMILES string of the molecule is CCCCCCCCCC(=O)Oc1c2ccccc2c(OC(=O)CCCCCCCCC)c2cc(C)c(C)cc12. The molecule has 3 aromatic rings. The lowest BCUT2D eigenvalue weighted by molar-refractivity contribution is -0.135. The van der Waals surface area contributed by atoms with Crippen LogP contribution in [0.25, 0.3) is 21.5 Å². The summed E-state index contributed by atoms with van der Waals surface area (Å²) in [7, 11) is 0. The third-order valence-electron chi connectivity index (χ3n) is 7.94. The number of carbonyl (C=O) groups excluding carboxylic acids is 2. The van der Waals surface area contributed by atoms with Gasteiger partial charge in [0.05, 0.1) is 0 Å². The van der Waals surface area contributed by atoms with Crippen LogP contribution in [0, 0.1) is 13.8 Å². The van der Waals surface area contributed by atoms with E-state index in [9.17, 15) is 9.59 Å². The average molecular weight is 547 g/mol. The Bertz CT molecular complexity index is 1150. The Morgan fingerprint density at radius 3 is 1.25 bits per heavy atom. The highest BCUT2D eigenvalue weighted by Gasteiger charge is 2.21.